The summed E-state index contributed by atoms with van der Waals surface area (Å²) in [4.78, 5) is 13.0. The van der Waals surface area contributed by atoms with E-state index >= 15 is 0 Å². The van der Waals surface area contributed by atoms with Crippen molar-refractivity contribution >= 4 is 12.2 Å². The molecule has 0 radical (unpaired) electrons. The molecule has 0 spiro atoms. The number of aliphatic imine (C=N–C) groups is 2. The molecule has 0 aromatic rings. The number of piperazine rings is 1. The first-order valence-electron chi connectivity index (χ1n) is 4.95. The van der Waals surface area contributed by atoms with Crippen LogP contribution in [0.3, 0.4) is 0 Å². The summed E-state index contributed by atoms with van der Waals surface area (Å²) in [5.74, 6) is 1.04. The molecule has 4 heteroatoms. The van der Waals surface area contributed by atoms with E-state index in [9.17, 15) is 0 Å². The molecular weight excluding hydrogens is 176 g/mol. The fourth-order valence-electron chi connectivity index (χ4n) is 1.73. The topological polar surface area (TPSA) is 31.2 Å². The van der Waals surface area contributed by atoms with Crippen molar-refractivity contribution in [3.63, 3.8) is 0 Å². The Morgan fingerprint density at radius 3 is 2.64 bits per heavy atom. The van der Waals surface area contributed by atoms with Crippen LogP contribution in [-0.4, -0.2) is 61.7 Å². The van der Waals surface area contributed by atoms with Gasteiger partial charge in [-0.1, -0.05) is 6.58 Å². The summed E-state index contributed by atoms with van der Waals surface area (Å²) in [6.07, 6.45) is 1.64. The van der Waals surface area contributed by atoms with Crippen molar-refractivity contribution in [2.45, 2.75) is 0 Å². The molecule has 2 heterocycles. The molecule has 1 fully saturated rings. The van der Waals surface area contributed by atoms with Gasteiger partial charge < -0.3 is 9.80 Å². The second-order valence-corrected chi connectivity index (χ2v) is 3.80. The SMILES string of the molecule is C=C1CN=CN=C1N1CCN(C)CC1. The molecular formula is C10H16N4. The third-order valence-corrected chi connectivity index (χ3v) is 2.66. The van der Waals surface area contributed by atoms with Crippen molar-refractivity contribution < 1.29 is 0 Å². The van der Waals surface area contributed by atoms with Crippen molar-refractivity contribution in [2.24, 2.45) is 9.98 Å². The van der Waals surface area contributed by atoms with Crippen LogP contribution in [-0.2, 0) is 0 Å². The molecule has 0 unspecified atom stereocenters. The van der Waals surface area contributed by atoms with E-state index in [1.54, 1.807) is 6.34 Å². The fraction of sp³-hybridized carbons (Fsp3) is 0.600. The smallest absolute Gasteiger partial charge is 0.134 e. The largest absolute Gasteiger partial charge is 0.354 e. The van der Waals surface area contributed by atoms with Crippen molar-refractivity contribution in [2.75, 3.05) is 39.8 Å². The molecule has 0 atom stereocenters. The average molecular weight is 192 g/mol. The van der Waals surface area contributed by atoms with Crippen LogP contribution in [0.4, 0.5) is 0 Å². The van der Waals surface area contributed by atoms with E-state index in [2.05, 4.69) is 33.4 Å². The Morgan fingerprint density at radius 1 is 1.29 bits per heavy atom. The van der Waals surface area contributed by atoms with Gasteiger partial charge in [-0.15, -0.1) is 0 Å². The second-order valence-electron chi connectivity index (χ2n) is 3.80. The first-order chi connectivity index (χ1) is 6.77. The molecule has 0 N–H and O–H groups in total. The third kappa shape index (κ3) is 1.85. The summed E-state index contributed by atoms with van der Waals surface area (Å²) in [5, 5.41) is 0. The molecule has 2 aliphatic heterocycles. The van der Waals surface area contributed by atoms with Crippen molar-refractivity contribution in [3.05, 3.63) is 12.2 Å². The van der Waals surface area contributed by atoms with E-state index in [4.69, 9.17) is 0 Å². The summed E-state index contributed by atoms with van der Waals surface area (Å²) in [6.45, 7) is 8.98. The first-order valence-corrected chi connectivity index (χ1v) is 4.95. The fourth-order valence-corrected chi connectivity index (χ4v) is 1.73. The highest BCUT2D eigenvalue weighted by molar-refractivity contribution is 6.03. The number of nitrogens with zero attached hydrogens (tertiary/aromatic N) is 4. The van der Waals surface area contributed by atoms with Crippen LogP contribution in [0.1, 0.15) is 0 Å². The number of hydrogen-bond donors (Lipinski definition) is 0. The average Bonchev–Trinajstić information content (AvgIpc) is 2.20. The van der Waals surface area contributed by atoms with Gasteiger partial charge in [-0.2, -0.15) is 0 Å². The van der Waals surface area contributed by atoms with Crippen LogP contribution in [0.15, 0.2) is 22.1 Å². The summed E-state index contributed by atoms with van der Waals surface area (Å²) < 4.78 is 0. The quantitative estimate of drug-likeness (QED) is 0.550. The zero-order valence-corrected chi connectivity index (χ0v) is 8.61. The summed E-state index contributed by atoms with van der Waals surface area (Å²) in [5.41, 5.74) is 1.04. The Balaban J connectivity index is 2.04. The van der Waals surface area contributed by atoms with Gasteiger partial charge in [0.2, 0.25) is 0 Å². The van der Waals surface area contributed by atoms with Crippen LogP contribution in [0.5, 0.6) is 0 Å². The van der Waals surface area contributed by atoms with E-state index in [1.165, 1.54) is 0 Å². The minimum Gasteiger partial charge on any atom is -0.354 e. The lowest BCUT2D eigenvalue weighted by Crippen LogP contribution is -2.48. The summed E-state index contributed by atoms with van der Waals surface area (Å²) >= 11 is 0. The van der Waals surface area contributed by atoms with E-state index < -0.39 is 0 Å². The summed E-state index contributed by atoms with van der Waals surface area (Å²) in [7, 11) is 2.15. The lowest BCUT2D eigenvalue weighted by atomic mass is 10.2. The lowest BCUT2D eigenvalue weighted by molar-refractivity contribution is 0.215. The van der Waals surface area contributed by atoms with Gasteiger partial charge in [-0.3, -0.25) is 4.99 Å². The molecule has 0 aromatic heterocycles. The molecule has 2 rings (SSSR count). The second kappa shape index (κ2) is 3.92. The van der Waals surface area contributed by atoms with Crippen LogP contribution in [0, 0.1) is 0 Å². The van der Waals surface area contributed by atoms with Gasteiger partial charge in [0.1, 0.15) is 12.2 Å². The van der Waals surface area contributed by atoms with Gasteiger partial charge in [-0.25, -0.2) is 4.99 Å². The number of rotatable bonds is 0. The van der Waals surface area contributed by atoms with Crippen LogP contribution in [0.25, 0.3) is 0 Å². The molecule has 2 aliphatic rings. The van der Waals surface area contributed by atoms with Gasteiger partial charge in [0.05, 0.1) is 6.54 Å². The van der Waals surface area contributed by atoms with Gasteiger partial charge in [0.15, 0.2) is 0 Å². The van der Waals surface area contributed by atoms with Crippen LogP contribution in [0.2, 0.25) is 0 Å². The molecule has 0 aromatic carbocycles. The minimum absolute atomic E-state index is 0.700. The molecule has 14 heavy (non-hydrogen) atoms. The summed E-state index contributed by atoms with van der Waals surface area (Å²) in [6, 6.07) is 0. The van der Waals surface area contributed by atoms with Crippen LogP contribution < -0.4 is 0 Å². The highest BCUT2D eigenvalue weighted by Crippen LogP contribution is 2.09. The predicted molar refractivity (Wildman–Crippen MR) is 59.0 cm³/mol. The number of likely N-dealkylation sites (N-methyl/N-ethyl adjacent to an activating group) is 1. The minimum atomic E-state index is 0.700. The normalized spacial score (nSPS) is 23.9. The highest BCUT2D eigenvalue weighted by Gasteiger charge is 2.19. The third-order valence-electron chi connectivity index (χ3n) is 2.66. The van der Waals surface area contributed by atoms with Gasteiger partial charge in [0.25, 0.3) is 0 Å². The monoisotopic (exact) mass is 192 g/mol. The molecule has 0 amide bonds. The van der Waals surface area contributed by atoms with E-state index in [0.29, 0.717) is 6.54 Å². The Labute approximate surface area is 84.6 Å². The lowest BCUT2D eigenvalue weighted by Gasteiger charge is -2.35. The standard InChI is InChI=1S/C10H16N4/c1-9-7-11-8-12-10(9)14-5-3-13(2)4-6-14/h8H,1,3-7H2,2H3. The molecule has 0 aliphatic carbocycles. The zero-order valence-electron chi connectivity index (χ0n) is 8.61. The maximum atomic E-state index is 4.29. The highest BCUT2D eigenvalue weighted by atomic mass is 15.3. The molecule has 76 valence electrons. The number of amidine groups is 1. The number of hydrogen-bond acceptors (Lipinski definition) is 4. The van der Waals surface area contributed by atoms with Gasteiger partial charge in [0, 0.05) is 31.8 Å². The Bertz CT molecular complexity index is 284. The maximum Gasteiger partial charge on any atom is 0.134 e. The Kier molecular flexibility index (Phi) is 2.63. The van der Waals surface area contributed by atoms with Crippen molar-refractivity contribution in [3.8, 4) is 0 Å². The first kappa shape index (κ1) is 9.40. The molecule has 0 saturated carbocycles. The molecule has 1 saturated heterocycles. The van der Waals surface area contributed by atoms with E-state index in [1.807, 2.05) is 0 Å². The van der Waals surface area contributed by atoms with E-state index in [0.717, 1.165) is 37.6 Å². The molecule has 0 bridgehead atoms. The van der Waals surface area contributed by atoms with Gasteiger partial charge in [-0.05, 0) is 7.05 Å². The zero-order chi connectivity index (χ0) is 9.97. The van der Waals surface area contributed by atoms with Crippen molar-refractivity contribution in [1.29, 1.82) is 0 Å². The Morgan fingerprint density at radius 2 is 2.00 bits per heavy atom. The van der Waals surface area contributed by atoms with Gasteiger partial charge >= 0.3 is 0 Å². The van der Waals surface area contributed by atoms with E-state index in [-0.39, 0.29) is 0 Å². The maximum absolute atomic E-state index is 4.29. The molecule has 4 nitrogen and oxygen atoms in total. The van der Waals surface area contributed by atoms with Crippen LogP contribution >= 0.6 is 0 Å². The predicted octanol–water partition coefficient (Wildman–Crippen LogP) is 0.230. The Hall–Kier alpha value is -1.16. The van der Waals surface area contributed by atoms with Crippen molar-refractivity contribution in [1.82, 2.24) is 9.80 Å².